The Balaban J connectivity index is 4.19. The third-order valence-electron chi connectivity index (χ3n) is 0.748. The maximum atomic E-state index is 10.1. The topological polar surface area (TPSA) is 109 Å². The van der Waals surface area contributed by atoms with Gasteiger partial charge in [0.05, 0.1) is 0 Å². The van der Waals surface area contributed by atoms with Crippen LogP contribution in [0.1, 0.15) is 0 Å². The molecule has 0 radical (unpaired) electrons. The summed E-state index contributed by atoms with van der Waals surface area (Å²) in [5.74, 6) is 6.38. The lowest BCUT2D eigenvalue weighted by Crippen LogP contribution is -2.01. The summed E-state index contributed by atoms with van der Waals surface area (Å²) >= 11 is 0. The standard InChI is InChI=1S/C6H6O6S2/c7-13(8,9)5-3-1-2-4-6-14(10,11)12/h5-6H2,(H,7,8,9)(H,10,11,12). The SMILES string of the molecule is O=S(=O)(O)CC#CC#CCS(=O)(=O)O. The van der Waals surface area contributed by atoms with Crippen molar-refractivity contribution >= 4 is 20.2 Å². The Bertz CT molecular complexity index is 454. The number of rotatable bonds is 2. The van der Waals surface area contributed by atoms with Crippen LogP contribution in [0.25, 0.3) is 0 Å². The van der Waals surface area contributed by atoms with Crippen molar-refractivity contribution in [3.63, 3.8) is 0 Å². The van der Waals surface area contributed by atoms with E-state index in [-0.39, 0.29) is 0 Å². The molecule has 6 nitrogen and oxygen atoms in total. The normalized spacial score (nSPS) is 10.7. The van der Waals surface area contributed by atoms with Gasteiger partial charge in [-0.3, -0.25) is 9.11 Å². The van der Waals surface area contributed by atoms with Gasteiger partial charge in [0.25, 0.3) is 20.2 Å². The molecule has 0 aliphatic heterocycles. The largest absolute Gasteiger partial charge is 0.285 e. The smallest absolute Gasteiger partial charge is 0.276 e. The highest BCUT2D eigenvalue weighted by molar-refractivity contribution is 7.86. The molecule has 0 amide bonds. The maximum Gasteiger partial charge on any atom is 0.276 e. The highest BCUT2D eigenvalue weighted by Gasteiger charge is 1.98. The maximum absolute atomic E-state index is 10.1. The molecule has 78 valence electrons. The van der Waals surface area contributed by atoms with Crippen molar-refractivity contribution in [2.75, 3.05) is 11.5 Å². The third-order valence-corrected chi connectivity index (χ3v) is 1.77. The summed E-state index contributed by atoms with van der Waals surface area (Å²) in [6, 6.07) is 0. The Morgan fingerprint density at radius 2 is 1.07 bits per heavy atom. The molecule has 0 aromatic heterocycles. The van der Waals surface area contributed by atoms with Crippen LogP contribution in [0, 0.1) is 23.7 Å². The second-order valence-corrected chi connectivity index (χ2v) is 4.96. The van der Waals surface area contributed by atoms with E-state index in [2.05, 4.69) is 0 Å². The van der Waals surface area contributed by atoms with Gasteiger partial charge in [0.2, 0.25) is 0 Å². The Morgan fingerprint density at radius 3 is 1.29 bits per heavy atom. The van der Waals surface area contributed by atoms with Crippen molar-refractivity contribution in [3.8, 4) is 23.7 Å². The van der Waals surface area contributed by atoms with Gasteiger partial charge in [0.15, 0.2) is 0 Å². The first-order valence-corrected chi connectivity index (χ1v) is 6.28. The monoisotopic (exact) mass is 238 g/mol. The van der Waals surface area contributed by atoms with E-state index < -0.39 is 31.7 Å². The number of hydrogen-bond donors (Lipinski definition) is 2. The van der Waals surface area contributed by atoms with E-state index in [0.717, 1.165) is 0 Å². The van der Waals surface area contributed by atoms with E-state index in [4.69, 9.17) is 9.11 Å². The molecule has 0 atom stereocenters. The molecule has 0 saturated heterocycles. The van der Waals surface area contributed by atoms with Crippen molar-refractivity contribution in [2.24, 2.45) is 0 Å². The molecule has 8 heteroatoms. The first kappa shape index (κ1) is 12.9. The average molecular weight is 238 g/mol. The van der Waals surface area contributed by atoms with Crippen LogP contribution in [0.15, 0.2) is 0 Å². The molecular formula is C6H6O6S2. The quantitative estimate of drug-likeness (QED) is 0.460. The Hall–Kier alpha value is -1.06. The fraction of sp³-hybridized carbons (Fsp3) is 0.333. The highest BCUT2D eigenvalue weighted by Crippen LogP contribution is 1.78. The van der Waals surface area contributed by atoms with Gasteiger partial charge in [-0.15, -0.1) is 0 Å². The van der Waals surface area contributed by atoms with Crippen LogP contribution >= 0.6 is 0 Å². The predicted octanol–water partition coefficient (Wildman–Crippen LogP) is -1.23. The van der Waals surface area contributed by atoms with Crippen LogP contribution in [-0.2, 0) is 20.2 Å². The molecule has 14 heavy (non-hydrogen) atoms. The molecule has 2 N–H and O–H groups in total. The zero-order valence-electron chi connectivity index (χ0n) is 6.76. The van der Waals surface area contributed by atoms with Gasteiger partial charge in [-0.1, -0.05) is 11.8 Å². The zero-order valence-corrected chi connectivity index (χ0v) is 8.39. The van der Waals surface area contributed by atoms with Crippen molar-refractivity contribution in [2.45, 2.75) is 0 Å². The summed E-state index contributed by atoms with van der Waals surface area (Å²) in [6.45, 7) is 0. The lowest BCUT2D eigenvalue weighted by atomic mass is 10.6. The second-order valence-electron chi connectivity index (χ2n) is 2.06. The first-order valence-electron chi connectivity index (χ1n) is 3.07. The van der Waals surface area contributed by atoms with E-state index in [1.165, 1.54) is 0 Å². The van der Waals surface area contributed by atoms with Crippen LogP contribution in [0.5, 0.6) is 0 Å². The third kappa shape index (κ3) is 10.9. The molecule has 0 fully saturated rings. The minimum Gasteiger partial charge on any atom is -0.285 e. The molecule has 0 aromatic rings. The highest BCUT2D eigenvalue weighted by atomic mass is 32.2. The first-order chi connectivity index (χ1) is 6.21. The molecule has 0 bridgehead atoms. The van der Waals surface area contributed by atoms with E-state index in [9.17, 15) is 16.8 Å². The van der Waals surface area contributed by atoms with Gasteiger partial charge < -0.3 is 0 Å². The Kier molecular flexibility index (Phi) is 4.60. The van der Waals surface area contributed by atoms with E-state index in [0.29, 0.717) is 0 Å². The molecular weight excluding hydrogens is 232 g/mol. The zero-order chi connectivity index (χ0) is 11.2. The Labute approximate surface area is 81.8 Å². The number of hydrogen-bond acceptors (Lipinski definition) is 4. The summed E-state index contributed by atoms with van der Waals surface area (Å²) in [5.41, 5.74) is 0. The van der Waals surface area contributed by atoms with Gasteiger partial charge in [-0.25, -0.2) is 0 Å². The van der Waals surface area contributed by atoms with Gasteiger partial charge in [-0.05, 0) is 11.8 Å². The molecule has 0 aliphatic carbocycles. The second kappa shape index (κ2) is 4.98. The molecule has 0 aromatic carbocycles. The van der Waals surface area contributed by atoms with Crippen LogP contribution in [-0.4, -0.2) is 37.4 Å². The minimum atomic E-state index is -4.15. The van der Waals surface area contributed by atoms with E-state index in [1.54, 1.807) is 0 Å². The summed E-state index contributed by atoms with van der Waals surface area (Å²) in [6.07, 6.45) is 0. The predicted molar refractivity (Wildman–Crippen MR) is 48.4 cm³/mol. The summed E-state index contributed by atoms with van der Waals surface area (Å²) in [5, 5.41) is 0. The van der Waals surface area contributed by atoms with Gasteiger partial charge >= 0.3 is 0 Å². The van der Waals surface area contributed by atoms with Crippen LogP contribution in [0.3, 0.4) is 0 Å². The summed E-state index contributed by atoms with van der Waals surface area (Å²) < 4.78 is 56.7. The molecule has 0 aliphatic rings. The van der Waals surface area contributed by atoms with Crippen molar-refractivity contribution < 1.29 is 25.9 Å². The van der Waals surface area contributed by atoms with Crippen LogP contribution in [0.4, 0.5) is 0 Å². The molecule has 0 rings (SSSR count). The molecule has 0 saturated carbocycles. The summed E-state index contributed by atoms with van der Waals surface area (Å²) in [7, 11) is -8.30. The molecule has 0 heterocycles. The summed E-state index contributed by atoms with van der Waals surface area (Å²) in [4.78, 5) is 0. The lowest BCUT2D eigenvalue weighted by Gasteiger charge is -1.82. The van der Waals surface area contributed by atoms with Crippen molar-refractivity contribution in [1.29, 1.82) is 0 Å². The van der Waals surface area contributed by atoms with Gasteiger partial charge in [-0.2, -0.15) is 16.8 Å². The van der Waals surface area contributed by atoms with Crippen LogP contribution < -0.4 is 0 Å². The van der Waals surface area contributed by atoms with Gasteiger partial charge in [0, 0.05) is 0 Å². The fourth-order valence-corrected chi connectivity index (χ4v) is 0.852. The van der Waals surface area contributed by atoms with E-state index >= 15 is 0 Å². The van der Waals surface area contributed by atoms with E-state index in [1.807, 2.05) is 23.7 Å². The van der Waals surface area contributed by atoms with Gasteiger partial charge in [0.1, 0.15) is 11.5 Å². The fourth-order valence-electron chi connectivity index (χ4n) is 0.343. The average Bonchev–Trinajstić information content (AvgIpc) is 1.92. The van der Waals surface area contributed by atoms with Crippen molar-refractivity contribution in [1.82, 2.24) is 0 Å². The molecule has 0 unspecified atom stereocenters. The van der Waals surface area contributed by atoms with Crippen molar-refractivity contribution in [3.05, 3.63) is 0 Å². The molecule has 0 spiro atoms. The van der Waals surface area contributed by atoms with Crippen LogP contribution in [0.2, 0.25) is 0 Å². The Morgan fingerprint density at radius 1 is 0.786 bits per heavy atom. The minimum absolute atomic E-state index is 0.770. The lowest BCUT2D eigenvalue weighted by molar-refractivity contribution is 0.485.